The maximum Gasteiger partial charge on any atom is 0.162 e. The van der Waals surface area contributed by atoms with E-state index in [1.165, 1.54) is 11.1 Å². The van der Waals surface area contributed by atoms with Crippen LogP contribution in [0.25, 0.3) is 0 Å². The van der Waals surface area contributed by atoms with E-state index in [1.54, 1.807) is 6.08 Å². The van der Waals surface area contributed by atoms with E-state index in [1.807, 2.05) is 13.0 Å². The van der Waals surface area contributed by atoms with Crippen molar-refractivity contribution in [3.8, 4) is 0 Å². The van der Waals surface area contributed by atoms with Gasteiger partial charge in [-0.3, -0.25) is 4.79 Å². The van der Waals surface area contributed by atoms with E-state index in [4.69, 9.17) is 0 Å². The molecule has 1 heteroatoms. The summed E-state index contributed by atoms with van der Waals surface area (Å²) in [6.45, 7) is 10.8. The van der Waals surface area contributed by atoms with E-state index in [0.29, 0.717) is 0 Å². The highest BCUT2D eigenvalue weighted by atomic mass is 16.1. The van der Waals surface area contributed by atoms with Gasteiger partial charge >= 0.3 is 0 Å². The summed E-state index contributed by atoms with van der Waals surface area (Å²) in [7, 11) is 0. The summed E-state index contributed by atoms with van der Waals surface area (Å²) in [6, 6.07) is 0. The Morgan fingerprint density at radius 1 is 1.50 bits per heavy atom. The van der Waals surface area contributed by atoms with Crippen LogP contribution in [-0.4, -0.2) is 5.78 Å². The Morgan fingerprint density at radius 2 is 2.12 bits per heavy atom. The van der Waals surface area contributed by atoms with Gasteiger partial charge in [0.05, 0.1) is 0 Å². The van der Waals surface area contributed by atoms with E-state index in [2.05, 4.69) is 27.7 Å². The van der Waals surface area contributed by atoms with Crippen LogP contribution >= 0.6 is 0 Å². The third-order valence-electron chi connectivity index (χ3n) is 3.90. The third kappa shape index (κ3) is 2.45. The lowest BCUT2D eigenvalue weighted by atomic mass is 9.67. The van der Waals surface area contributed by atoms with Crippen molar-refractivity contribution in [3.63, 3.8) is 0 Å². The Labute approximate surface area is 99.6 Å². The van der Waals surface area contributed by atoms with Gasteiger partial charge in [0.15, 0.2) is 5.78 Å². The molecule has 0 saturated carbocycles. The van der Waals surface area contributed by atoms with Crippen LogP contribution in [0.15, 0.2) is 23.3 Å². The van der Waals surface area contributed by atoms with E-state index < -0.39 is 0 Å². The predicted octanol–water partition coefficient (Wildman–Crippen LogP) is 4.29. The Bertz CT molecular complexity index is 331. The summed E-state index contributed by atoms with van der Waals surface area (Å²) in [5, 5.41) is 0. The number of carbonyl (C=O) groups excluding carboxylic acids is 1. The van der Waals surface area contributed by atoms with E-state index in [9.17, 15) is 4.79 Å². The Kier molecular flexibility index (Phi) is 4.12. The van der Waals surface area contributed by atoms with E-state index in [-0.39, 0.29) is 17.1 Å². The van der Waals surface area contributed by atoms with Gasteiger partial charge in [-0.15, -0.1) is 0 Å². The van der Waals surface area contributed by atoms with Crippen molar-refractivity contribution in [2.45, 2.75) is 53.9 Å². The lowest BCUT2D eigenvalue weighted by Gasteiger charge is -2.37. The zero-order valence-electron chi connectivity index (χ0n) is 11.3. The molecular weight excluding hydrogens is 196 g/mol. The second-order valence-corrected chi connectivity index (χ2v) is 5.39. The Hall–Kier alpha value is -0.850. The summed E-state index contributed by atoms with van der Waals surface area (Å²) in [5.41, 5.74) is 3.09. The fourth-order valence-electron chi connectivity index (χ4n) is 3.01. The topological polar surface area (TPSA) is 17.1 Å². The zero-order chi connectivity index (χ0) is 12.3. The highest BCUT2D eigenvalue weighted by Gasteiger charge is 2.34. The van der Waals surface area contributed by atoms with Gasteiger partial charge in [-0.05, 0) is 44.6 Å². The van der Waals surface area contributed by atoms with Crippen molar-refractivity contribution in [1.82, 2.24) is 0 Å². The molecule has 0 aliphatic heterocycles. The summed E-state index contributed by atoms with van der Waals surface area (Å²) in [5.74, 6) is 0.417. The maximum absolute atomic E-state index is 12.0. The zero-order valence-corrected chi connectivity index (χ0v) is 11.3. The molecule has 1 aliphatic rings. The number of allylic oxidation sites excluding steroid dienone is 4. The molecule has 0 N–H and O–H groups in total. The molecule has 0 spiro atoms. The SMILES string of the molecule is CC=CC(=O)C1CCC(C)(C)C(CC)=C1C. The van der Waals surface area contributed by atoms with Crippen molar-refractivity contribution in [2.75, 3.05) is 0 Å². The standard InChI is InChI=1S/C15H24O/c1-6-8-14(16)12-9-10-15(4,5)13(7-2)11(12)3/h6,8,12H,7,9-10H2,1-5H3. The van der Waals surface area contributed by atoms with Crippen molar-refractivity contribution in [2.24, 2.45) is 11.3 Å². The van der Waals surface area contributed by atoms with Crippen LogP contribution in [0.2, 0.25) is 0 Å². The molecule has 0 heterocycles. The van der Waals surface area contributed by atoms with Gasteiger partial charge in [-0.25, -0.2) is 0 Å². The third-order valence-corrected chi connectivity index (χ3v) is 3.90. The second kappa shape index (κ2) is 4.99. The molecule has 0 bridgehead atoms. The number of ketones is 1. The average molecular weight is 220 g/mol. The number of hydrogen-bond acceptors (Lipinski definition) is 1. The average Bonchev–Trinajstić information content (AvgIpc) is 2.17. The van der Waals surface area contributed by atoms with Crippen molar-refractivity contribution in [1.29, 1.82) is 0 Å². The first-order chi connectivity index (χ1) is 7.44. The lowest BCUT2D eigenvalue weighted by Crippen LogP contribution is -2.28. The molecule has 16 heavy (non-hydrogen) atoms. The molecule has 90 valence electrons. The molecule has 0 fully saturated rings. The summed E-state index contributed by atoms with van der Waals surface area (Å²) >= 11 is 0. The minimum absolute atomic E-state index is 0.138. The molecule has 0 radical (unpaired) electrons. The Balaban J connectivity index is 3.06. The Morgan fingerprint density at radius 3 is 2.62 bits per heavy atom. The van der Waals surface area contributed by atoms with Crippen LogP contribution in [0.5, 0.6) is 0 Å². The minimum Gasteiger partial charge on any atom is -0.294 e. The fourth-order valence-corrected chi connectivity index (χ4v) is 3.01. The highest BCUT2D eigenvalue weighted by molar-refractivity contribution is 5.93. The smallest absolute Gasteiger partial charge is 0.162 e. The van der Waals surface area contributed by atoms with Crippen molar-refractivity contribution in [3.05, 3.63) is 23.3 Å². The number of carbonyl (C=O) groups is 1. The molecular formula is C15H24O. The molecule has 1 atom stereocenters. The fraction of sp³-hybridized carbons (Fsp3) is 0.667. The van der Waals surface area contributed by atoms with Gasteiger partial charge in [0.2, 0.25) is 0 Å². The van der Waals surface area contributed by atoms with E-state index in [0.717, 1.165) is 19.3 Å². The molecule has 0 aromatic rings. The molecule has 0 saturated heterocycles. The van der Waals surface area contributed by atoms with Gasteiger partial charge in [-0.1, -0.05) is 38.0 Å². The molecule has 1 nitrogen and oxygen atoms in total. The van der Waals surface area contributed by atoms with Gasteiger partial charge in [0.1, 0.15) is 0 Å². The van der Waals surface area contributed by atoms with Gasteiger partial charge in [0.25, 0.3) is 0 Å². The van der Waals surface area contributed by atoms with Crippen LogP contribution in [0.3, 0.4) is 0 Å². The van der Waals surface area contributed by atoms with E-state index >= 15 is 0 Å². The van der Waals surface area contributed by atoms with Crippen molar-refractivity contribution >= 4 is 5.78 Å². The minimum atomic E-state index is 0.138. The summed E-state index contributed by atoms with van der Waals surface area (Å²) in [6.07, 6.45) is 6.77. The van der Waals surface area contributed by atoms with Crippen LogP contribution in [0.4, 0.5) is 0 Å². The van der Waals surface area contributed by atoms with Crippen LogP contribution in [0.1, 0.15) is 53.9 Å². The number of hydrogen-bond donors (Lipinski definition) is 0. The molecule has 0 amide bonds. The quantitative estimate of drug-likeness (QED) is 0.512. The first-order valence-corrected chi connectivity index (χ1v) is 6.30. The lowest BCUT2D eigenvalue weighted by molar-refractivity contribution is -0.117. The molecule has 1 aliphatic carbocycles. The van der Waals surface area contributed by atoms with Crippen LogP contribution in [0, 0.1) is 11.3 Å². The highest BCUT2D eigenvalue weighted by Crippen LogP contribution is 2.44. The largest absolute Gasteiger partial charge is 0.294 e. The predicted molar refractivity (Wildman–Crippen MR) is 69.3 cm³/mol. The molecule has 0 aromatic carbocycles. The summed E-state index contributed by atoms with van der Waals surface area (Å²) < 4.78 is 0. The van der Waals surface area contributed by atoms with Crippen molar-refractivity contribution < 1.29 is 4.79 Å². The molecule has 0 aromatic heterocycles. The second-order valence-electron chi connectivity index (χ2n) is 5.39. The van der Waals surface area contributed by atoms with Crippen LogP contribution < -0.4 is 0 Å². The first-order valence-electron chi connectivity index (χ1n) is 6.30. The van der Waals surface area contributed by atoms with Gasteiger partial charge < -0.3 is 0 Å². The van der Waals surface area contributed by atoms with Gasteiger partial charge in [-0.2, -0.15) is 0 Å². The van der Waals surface area contributed by atoms with Crippen LogP contribution in [-0.2, 0) is 4.79 Å². The molecule has 1 unspecified atom stereocenters. The normalized spacial score (nSPS) is 25.2. The first kappa shape index (κ1) is 13.2. The van der Waals surface area contributed by atoms with Gasteiger partial charge in [0, 0.05) is 5.92 Å². The summed E-state index contributed by atoms with van der Waals surface area (Å²) in [4.78, 5) is 12.0. The monoisotopic (exact) mass is 220 g/mol. The molecule has 1 rings (SSSR count). The number of rotatable bonds is 3. The maximum atomic E-state index is 12.0.